The molecule has 0 amide bonds. The fraction of sp³-hybridized carbons (Fsp3) is 0.200. The van der Waals surface area contributed by atoms with Crippen LogP contribution in [0.25, 0.3) is 22.3 Å². The molecule has 0 unspecified atom stereocenters. The highest BCUT2D eigenvalue weighted by Crippen LogP contribution is 2.56. The number of esters is 4. The van der Waals surface area contributed by atoms with E-state index in [0.29, 0.717) is 22.3 Å². The van der Waals surface area contributed by atoms with E-state index in [4.69, 9.17) is 18.9 Å². The topological polar surface area (TPSA) is 105 Å². The van der Waals surface area contributed by atoms with Crippen LogP contribution >= 0.6 is 0 Å². The normalized spacial score (nSPS) is 12.2. The van der Waals surface area contributed by atoms with E-state index in [0.717, 1.165) is 44.5 Å². The van der Waals surface area contributed by atoms with Gasteiger partial charge in [-0.25, -0.2) is 19.2 Å². The van der Waals surface area contributed by atoms with Gasteiger partial charge in [-0.3, -0.25) is 0 Å². The summed E-state index contributed by atoms with van der Waals surface area (Å²) in [5, 5.41) is 0. The van der Waals surface area contributed by atoms with Crippen LogP contribution in [0.1, 0.15) is 91.4 Å². The molecule has 0 atom stereocenters. The summed E-state index contributed by atoms with van der Waals surface area (Å²) in [5.41, 5.74) is 8.75. The summed E-state index contributed by atoms with van der Waals surface area (Å²) < 4.78 is 20.8. The second-order valence-corrected chi connectivity index (χ2v) is 10.7. The molecule has 0 aliphatic heterocycles. The molecule has 244 valence electrons. The highest BCUT2D eigenvalue weighted by Gasteiger charge is 2.33. The molecular weight excluding hydrogens is 608 g/mol. The number of ether oxygens (including phenoxy) is 4. The molecule has 0 radical (unpaired) electrons. The van der Waals surface area contributed by atoms with E-state index >= 15 is 0 Å². The lowest BCUT2D eigenvalue weighted by atomic mass is 9.69. The zero-order chi connectivity index (χ0) is 34.2. The fourth-order valence-corrected chi connectivity index (χ4v) is 5.54. The number of allylic oxidation sites excluding steroid dienone is 4. The Balaban J connectivity index is 1.69. The molecule has 4 aromatic carbocycles. The second kappa shape index (κ2) is 15.2. The number of hydrogen-bond acceptors (Lipinski definition) is 8. The minimum Gasteiger partial charge on any atom is -0.462 e. The molecule has 8 heteroatoms. The Morgan fingerprint density at radius 2 is 0.500 bits per heavy atom. The van der Waals surface area contributed by atoms with E-state index in [9.17, 15) is 19.2 Å². The molecule has 1 aliphatic rings. The summed E-state index contributed by atoms with van der Waals surface area (Å²) >= 11 is 0. The van der Waals surface area contributed by atoms with E-state index in [2.05, 4.69) is 0 Å². The standard InChI is InChI=1S/C40H36O8/c1-5-45-37(41)29-17-9-25(10-18-29)33-34(26-11-19-30(20-12-26)38(42)46-6-2)36(28-15-23-32(24-16-28)40(44)48-8-4)35(33)27-13-21-31(22-14-27)39(43)47-7-3/h9-24H,5-8H2,1-4H3. The number of rotatable bonds is 12. The lowest BCUT2D eigenvalue weighted by molar-refractivity contribution is 0.0516. The second-order valence-electron chi connectivity index (χ2n) is 10.7. The van der Waals surface area contributed by atoms with Crippen LogP contribution in [0, 0.1) is 0 Å². The molecule has 48 heavy (non-hydrogen) atoms. The first-order valence-electron chi connectivity index (χ1n) is 15.9. The molecule has 0 N–H and O–H groups in total. The molecule has 0 bridgehead atoms. The zero-order valence-electron chi connectivity index (χ0n) is 27.3. The van der Waals surface area contributed by atoms with Gasteiger partial charge in [0.1, 0.15) is 0 Å². The minimum absolute atomic E-state index is 0.269. The molecule has 0 spiro atoms. The van der Waals surface area contributed by atoms with Crippen molar-refractivity contribution in [2.24, 2.45) is 0 Å². The zero-order valence-corrected chi connectivity index (χ0v) is 27.3. The number of carbonyl (C=O) groups is 4. The average molecular weight is 645 g/mol. The van der Waals surface area contributed by atoms with Crippen molar-refractivity contribution in [1.29, 1.82) is 0 Å². The summed E-state index contributed by atoms with van der Waals surface area (Å²) in [6.07, 6.45) is 0. The third kappa shape index (κ3) is 6.98. The van der Waals surface area contributed by atoms with Crippen LogP contribution in [-0.4, -0.2) is 50.3 Å². The first-order valence-corrected chi connectivity index (χ1v) is 15.9. The van der Waals surface area contributed by atoms with Crippen molar-refractivity contribution in [2.75, 3.05) is 26.4 Å². The summed E-state index contributed by atoms with van der Waals surface area (Å²) in [6.45, 7) is 8.11. The number of carbonyl (C=O) groups excluding carboxylic acids is 4. The van der Waals surface area contributed by atoms with Gasteiger partial charge >= 0.3 is 23.9 Å². The van der Waals surface area contributed by atoms with Gasteiger partial charge in [-0.1, -0.05) is 48.5 Å². The van der Waals surface area contributed by atoms with Crippen LogP contribution in [0.3, 0.4) is 0 Å². The molecule has 1 aliphatic carbocycles. The molecule has 8 nitrogen and oxygen atoms in total. The predicted octanol–water partition coefficient (Wildman–Crippen LogP) is 7.93. The van der Waals surface area contributed by atoms with Crippen molar-refractivity contribution in [3.63, 3.8) is 0 Å². The van der Waals surface area contributed by atoms with E-state index in [1.807, 2.05) is 48.5 Å². The van der Waals surface area contributed by atoms with Crippen LogP contribution in [0.2, 0.25) is 0 Å². The molecule has 0 fully saturated rings. The quantitative estimate of drug-likeness (QED) is 0.113. The largest absolute Gasteiger partial charge is 0.462 e. The Morgan fingerprint density at radius 1 is 0.333 bits per heavy atom. The maximum Gasteiger partial charge on any atom is 0.338 e. The molecule has 0 aromatic heterocycles. The number of hydrogen-bond donors (Lipinski definition) is 0. The molecule has 4 aromatic rings. The first kappa shape index (κ1) is 33.6. The van der Waals surface area contributed by atoms with Gasteiger partial charge in [0.25, 0.3) is 0 Å². The van der Waals surface area contributed by atoms with E-state index in [1.54, 1.807) is 76.2 Å². The van der Waals surface area contributed by atoms with Crippen LogP contribution in [0.5, 0.6) is 0 Å². The third-order valence-electron chi connectivity index (χ3n) is 7.74. The van der Waals surface area contributed by atoms with Crippen LogP contribution < -0.4 is 0 Å². The predicted molar refractivity (Wildman–Crippen MR) is 183 cm³/mol. The van der Waals surface area contributed by atoms with Gasteiger partial charge in [-0.2, -0.15) is 0 Å². The highest BCUT2D eigenvalue weighted by atomic mass is 16.5. The number of benzene rings is 4. The van der Waals surface area contributed by atoms with Gasteiger partial charge < -0.3 is 18.9 Å². The van der Waals surface area contributed by atoms with Gasteiger partial charge in [-0.15, -0.1) is 0 Å². The Morgan fingerprint density at radius 3 is 0.646 bits per heavy atom. The molecule has 5 rings (SSSR count). The van der Waals surface area contributed by atoms with Crippen molar-refractivity contribution in [2.45, 2.75) is 27.7 Å². The Labute approximate surface area is 279 Å². The first-order chi connectivity index (χ1) is 23.3. The van der Waals surface area contributed by atoms with Crippen LogP contribution in [0.4, 0.5) is 0 Å². The molecular formula is C40H36O8. The Bertz CT molecular complexity index is 1590. The van der Waals surface area contributed by atoms with E-state index in [-0.39, 0.29) is 26.4 Å². The lowest BCUT2D eigenvalue weighted by Gasteiger charge is -2.33. The van der Waals surface area contributed by atoms with Crippen molar-refractivity contribution < 1.29 is 38.1 Å². The maximum absolute atomic E-state index is 12.4. The van der Waals surface area contributed by atoms with Crippen molar-refractivity contribution in [3.8, 4) is 0 Å². The van der Waals surface area contributed by atoms with Gasteiger partial charge in [0, 0.05) is 0 Å². The summed E-state index contributed by atoms with van der Waals surface area (Å²) in [5.74, 6) is -1.63. The highest BCUT2D eigenvalue weighted by molar-refractivity contribution is 6.43. The van der Waals surface area contributed by atoms with E-state index < -0.39 is 23.9 Å². The fourth-order valence-electron chi connectivity index (χ4n) is 5.54. The third-order valence-corrected chi connectivity index (χ3v) is 7.74. The van der Waals surface area contributed by atoms with Crippen LogP contribution in [0.15, 0.2) is 97.1 Å². The smallest absolute Gasteiger partial charge is 0.338 e. The SMILES string of the molecule is CCOC(=O)c1ccc(C2=C(c3ccc(C(=O)OCC)cc3)C(c3ccc(C(=O)OCC)cc3)=C2c2ccc(C(=O)OCC)cc2)cc1. The summed E-state index contributed by atoms with van der Waals surface area (Å²) in [4.78, 5) is 49.8. The van der Waals surface area contributed by atoms with Crippen molar-refractivity contribution in [1.82, 2.24) is 0 Å². The molecule has 0 heterocycles. The van der Waals surface area contributed by atoms with Gasteiger partial charge in [-0.05, 0) is 121 Å². The van der Waals surface area contributed by atoms with Gasteiger partial charge in [0.15, 0.2) is 0 Å². The van der Waals surface area contributed by atoms with Gasteiger partial charge in [0.05, 0.1) is 48.7 Å². The monoisotopic (exact) mass is 644 g/mol. The Hall–Kier alpha value is -5.76. The van der Waals surface area contributed by atoms with Gasteiger partial charge in [0.2, 0.25) is 0 Å². The molecule has 0 saturated carbocycles. The van der Waals surface area contributed by atoms with E-state index in [1.165, 1.54) is 0 Å². The summed E-state index contributed by atoms with van der Waals surface area (Å²) in [6, 6.07) is 28.9. The molecule has 0 saturated heterocycles. The minimum atomic E-state index is -0.408. The van der Waals surface area contributed by atoms with Crippen LogP contribution in [-0.2, 0) is 18.9 Å². The Kier molecular flexibility index (Phi) is 10.7. The maximum atomic E-state index is 12.4. The lowest BCUT2D eigenvalue weighted by Crippen LogP contribution is -2.12. The van der Waals surface area contributed by atoms with Crippen molar-refractivity contribution in [3.05, 3.63) is 142 Å². The average Bonchev–Trinajstić information content (AvgIpc) is 3.09. The summed E-state index contributed by atoms with van der Waals surface area (Å²) in [7, 11) is 0. The van der Waals surface area contributed by atoms with Crippen molar-refractivity contribution >= 4 is 46.2 Å².